The van der Waals surface area contributed by atoms with Gasteiger partial charge in [-0.05, 0) is 19.9 Å². The van der Waals surface area contributed by atoms with E-state index >= 15 is 0 Å². The monoisotopic (exact) mass is 237 g/mol. The Morgan fingerprint density at radius 2 is 2.24 bits per heavy atom. The van der Waals surface area contributed by atoms with Crippen molar-refractivity contribution in [3.8, 4) is 0 Å². The summed E-state index contributed by atoms with van der Waals surface area (Å²) in [5, 5.41) is 3.38. The molecule has 0 aromatic carbocycles. The van der Waals surface area contributed by atoms with Gasteiger partial charge in [-0.3, -0.25) is 0 Å². The lowest BCUT2D eigenvalue weighted by Gasteiger charge is -2.05. The van der Waals surface area contributed by atoms with Crippen LogP contribution in [0.4, 0.5) is 0 Å². The number of rotatable bonds is 7. The van der Waals surface area contributed by atoms with E-state index in [4.69, 9.17) is 9.15 Å². The van der Waals surface area contributed by atoms with Crippen molar-refractivity contribution in [3.63, 3.8) is 0 Å². The fraction of sp³-hybridized carbons (Fsp3) is 0.571. The number of hydrogen-bond donors (Lipinski definition) is 1. The smallest absolute Gasteiger partial charge is 0.130 e. The van der Waals surface area contributed by atoms with E-state index in [2.05, 4.69) is 25.2 Å². The van der Waals surface area contributed by atoms with E-state index in [9.17, 15) is 0 Å². The summed E-state index contributed by atoms with van der Waals surface area (Å²) < 4.78 is 11.1. The van der Waals surface area contributed by atoms with Gasteiger partial charge in [0.05, 0.1) is 6.61 Å². The zero-order valence-corrected chi connectivity index (χ0v) is 11.2. The van der Waals surface area contributed by atoms with Gasteiger partial charge in [0.25, 0.3) is 0 Å². The summed E-state index contributed by atoms with van der Waals surface area (Å²) >= 11 is 0. The van der Waals surface area contributed by atoms with E-state index in [0.29, 0.717) is 19.3 Å². The molecule has 0 saturated heterocycles. The molecule has 0 amide bonds. The molecule has 1 heterocycles. The molecule has 0 saturated carbocycles. The zero-order valence-electron chi connectivity index (χ0n) is 11.2. The van der Waals surface area contributed by atoms with Crippen LogP contribution in [0.15, 0.2) is 22.6 Å². The largest absolute Gasteiger partial charge is 0.464 e. The van der Waals surface area contributed by atoms with Crippen molar-refractivity contribution >= 4 is 0 Å². The minimum absolute atomic E-state index is 0.485. The first kappa shape index (κ1) is 14.0. The molecule has 3 heteroatoms. The van der Waals surface area contributed by atoms with Crippen LogP contribution in [0.25, 0.3) is 0 Å². The van der Waals surface area contributed by atoms with Gasteiger partial charge in [-0.15, -0.1) is 0 Å². The third-order valence-corrected chi connectivity index (χ3v) is 2.47. The molecular formula is C14H23NO2. The van der Waals surface area contributed by atoms with Crippen molar-refractivity contribution in [3.05, 3.63) is 35.3 Å². The fourth-order valence-electron chi connectivity index (χ4n) is 1.47. The second-order valence-electron chi connectivity index (χ2n) is 4.41. The summed E-state index contributed by atoms with van der Waals surface area (Å²) in [5.41, 5.74) is 1.21. The Labute approximate surface area is 104 Å². The van der Waals surface area contributed by atoms with Crippen LogP contribution in [-0.4, -0.2) is 12.6 Å². The molecule has 1 N–H and O–H groups in total. The van der Waals surface area contributed by atoms with Crippen LogP contribution < -0.4 is 5.32 Å². The van der Waals surface area contributed by atoms with Gasteiger partial charge >= 0.3 is 0 Å². The molecule has 1 rings (SSSR count). The number of ether oxygens (including phenoxy) is 1. The number of hydrogen-bond acceptors (Lipinski definition) is 3. The molecule has 0 aliphatic carbocycles. The summed E-state index contributed by atoms with van der Waals surface area (Å²) in [6, 6.07) is 2.55. The third kappa shape index (κ3) is 5.20. The van der Waals surface area contributed by atoms with Crippen molar-refractivity contribution in [1.82, 2.24) is 5.32 Å². The fourth-order valence-corrected chi connectivity index (χ4v) is 1.47. The summed E-state index contributed by atoms with van der Waals surface area (Å²) in [6.07, 6.45) is 3.96. The Morgan fingerprint density at radius 1 is 1.47 bits per heavy atom. The average Bonchev–Trinajstić information content (AvgIpc) is 2.63. The number of nitrogens with one attached hydrogen (secondary N) is 1. The van der Waals surface area contributed by atoms with E-state index in [1.54, 1.807) is 0 Å². The lowest BCUT2D eigenvalue weighted by Crippen LogP contribution is -2.21. The lowest BCUT2D eigenvalue weighted by atomic mass is 10.2. The predicted octanol–water partition coefficient (Wildman–Crippen LogP) is 3.18. The van der Waals surface area contributed by atoms with Gasteiger partial charge in [0.1, 0.15) is 18.1 Å². The van der Waals surface area contributed by atoms with Gasteiger partial charge in [0.15, 0.2) is 0 Å². The number of allylic oxidation sites excluding steroid dienone is 1. The highest BCUT2D eigenvalue weighted by atomic mass is 16.5. The van der Waals surface area contributed by atoms with Gasteiger partial charge < -0.3 is 14.5 Å². The molecule has 0 spiro atoms. The minimum atomic E-state index is 0.485. The van der Waals surface area contributed by atoms with Crippen molar-refractivity contribution in [1.29, 1.82) is 0 Å². The van der Waals surface area contributed by atoms with Gasteiger partial charge in [0, 0.05) is 18.2 Å². The van der Waals surface area contributed by atoms with Gasteiger partial charge in [-0.25, -0.2) is 0 Å². The first-order valence-electron chi connectivity index (χ1n) is 6.14. The maximum Gasteiger partial charge on any atom is 0.130 e. The second-order valence-corrected chi connectivity index (χ2v) is 4.41. The second kappa shape index (κ2) is 7.30. The predicted molar refractivity (Wildman–Crippen MR) is 69.9 cm³/mol. The highest BCUT2D eigenvalue weighted by Gasteiger charge is 2.07. The van der Waals surface area contributed by atoms with Crippen LogP contribution in [0.5, 0.6) is 0 Å². The van der Waals surface area contributed by atoms with E-state index in [1.165, 1.54) is 5.56 Å². The summed E-state index contributed by atoms with van der Waals surface area (Å²) in [4.78, 5) is 0. The van der Waals surface area contributed by atoms with Crippen LogP contribution in [0.2, 0.25) is 0 Å². The SMILES string of the molecule is CC=CCOCc1cc(CNC(C)C)c(C)o1. The first-order valence-corrected chi connectivity index (χ1v) is 6.14. The molecule has 96 valence electrons. The Hall–Kier alpha value is -1.06. The Balaban J connectivity index is 2.44. The quantitative estimate of drug-likeness (QED) is 0.584. The van der Waals surface area contributed by atoms with Crippen molar-refractivity contribution in [2.75, 3.05) is 6.61 Å². The van der Waals surface area contributed by atoms with Crippen molar-refractivity contribution in [2.24, 2.45) is 0 Å². The topological polar surface area (TPSA) is 34.4 Å². The Bertz CT molecular complexity index is 353. The minimum Gasteiger partial charge on any atom is -0.464 e. The highest BCUT2D eigenvalue weighted by Crippen LogP contribution is 2.15. The first-order chi connectivity index (χ1) is 8.13. The molecule has 17 heavy (non-hydrogen) atoms. The molecule has 0 fully saturated rings. The summed E-state index contributed by atoms with van der Waals surface area (Å²) in [6.45, 7) is 10.3. The molecule has 1 aromatic rings. The molecule has 0 atom stereocenters. The van der Waals surface area contributed by atoms with Crippen LogP contribution in [0, 0.1) is 6.92 Å². The molecule has 0 unspecified atom stereocenters. The van der Waals surface area contributed by atoms with Gasteiger partial charge in [-0.2, -0.15) is 0 Å². The molecular weight excluding hydrogens is 214 g/mol. The third-order valence-electron chi connectivity index (χ3n) is 2.47. The molecule has 1 aromatic heterocycles. The van der Waals surface area contributed by atoms with Crippen LogP contribution >= 0.6 is 0 Å². The van der Waals surface area contributed by atoms with E-state index < -0.39 is 0 Å². The van der Waals surface area contributed by atoms with Crippen molar-refractivity contribution < 1.29 is 9.15 Å². The highest BCUT2D eigenvalue weighted by molar-refractivity contribution is 5.20. The van der Waals surface area contributed by atoms with E-state index in [1.807, 2.05) is 26.0 Å². The van der Waals surface area contributed by atoms with Crippen LogP contribution in [0.3, 0.4) is 0 Å². The average molecular weight is 237 g/mol. The Kier molecular flexibility index (Phi) is 6.01. The van der Waals surface area contributed by atoms with Crippen LogP contribution in [0.1, 0.15) is 37.9 Å². The van der Waals surface area contributed by atoms with E-state index in [0.717, 1.165) is 18.1 Å². The van der Waals surface area contributed by atoms with Gasteiger partial charge in [0.2, 0.25) is 0 Å². The van der Waals surface area contributed by atoms with Gasteiger partial charge in [-0.1, -0.05) is 26.0 Å². The maximum atomic E-state index is 5.64. The molecule has 0 bridgehead atoms. The van der Waals surface area contributed by atoms with Crippen LogP contribution in [-0.2, 0) is 17.9 Å². The zero-order chi connectivity index (χ0) is 12.7. The maximum absolute atomic E-state index is 5.64. The standard InChI is InChI=1S/C14H23NO2/c1-5-6-7-16-10-14-8-13(12(4)17-14)9-15-11(2)3/h5-6,8,11,15H,7,9-10H2,1-4H3. The summed E-state index contributed by atoms with van der Waals surface area (Å²) in [5.74, 6) is 1.87. The normalized spacial score (nSPS) is 11.8. The molecule has 0 aliphatic heterocycles. The van der Waals surface area contributed by atoms with E-state index in [-0.39, 0.29) is 0 Å². The van der Waals surface area contributed by atoms with Crippen molar-refractivity contribution in [2.45, 2.75) is 46.9 Å². The Morgan fingerprint density at radius 3 is 2.88 bits per heavy atom. The molecule has 3 nitrogen and oxygen atoms in total. The number of aryl methyl sites for hydroxylation is 1. The number of furan rings is 1. The molecule has 0 aliphatic rings. The molecule has 0 radical (unpaired) electrons. The lowest BCUT2D eigenvalue weighted by molar-refractivity contribution is 0.130. The summed E-state index contributed by atoms with van der Waals surface area (Å²) in [7, 11) is 0.